The first kappa shape index (κ1) is 15.2. The molecule has 0 radical (unpaired) electrons. The maximum atomic E-state index is 12.2. The maximum Gasteiger partial charge on any atom is 0.279 e. The van der Waals surface area contributed by atoms with Crippen molar-refractivity contribution in [3.63, 3.8) is 0 Å². The van der Waals surface area contributed by atoms with Gasteiger partial charge in [-0.15, -0.1) is 0 Å². The quantitative estimate of drug-likeness (QED) is 0.776. The number of nitrogens with one attached hydrogen (secondary N) is 1. The highest BCUT2D eigenvalue weighted by Crippen LogP contribution is 2.13. The number of piperidine rings is 1. The topological polar surface area (TPSA) is 61.9 Å². The molecule has 2 heterocycles. The number of rotatable bonds is 5. The Morgan fingerprint density at radius 3 is 2.37 bits per heavy atom. The van der Waals surface area contributed by atoms with Crippen LogP contribution in [0, 0.1) is 0 Å². The summed E-state index contributed by atoms with van der Waals surface area (Å²) >= 11 is 0. The molecule has 0 amide bonds. The third kappa shape index (κ3) is 4.39. The molecule has 0 unspecified atom stereocenters. The number of nitrogens with zero attached hydrogens (tertiary/aromatic N) is 2. The van der Waals surface area contributed by atoms with Crippen LogP contribution in [0.3, 0.4) is 0 Å². The maximum absolute atomic E-state index is 12.2. The third-order valence-corrected chi connectivity index (χ3v) is 5.43. The zero-order valence-electron chi connectivity index (χ0n) is 11.7. The Kier molecular flexibility index (Phi) is 5.58. The van der Waals surface area contributed by atoms with Gasteiger partial charge >= 0.3 is 0 Å². The molecule has 0 atom stereocenters. The highest BCUT2D eigenvalue weighted by atomic mass is 32.2. The summed E-state index contributed by atoms with van der Waals surface area (Å²) in [5.41, 5.74) is 0. The summed E-state index contributed by atoms with van der Waals surface area (Å²) in [6, 6.07) is 0.0842. The van der Waals surface area contributed by atoms with Crippen LogP contribution in [0.2, 0.25) is 0 Å². The molecule has 0 bridgehead atoms. The van der Waals surface area contributed by atoms with Crippen LogP contribution in [-0.4, -0.2) is 69.6 Å². The second-order valence-corrected chi connectivity index (χ2v) is 6.95. The highest BCUT2D eigenvalue weighted by Gasteiger charge is 2.28. The summed E-state index contributed by atoms with van der Waals surface area (Å²) in [5.74, 6) is 0. The van der Waals surface area contributed by atoms with Crippen LogP contribution in [0.4, 0.5) is 0 Å². The van der Waals surface area contributed by atoms with Gasteiger partial charge in [-0.2, -0.15) is 17.4 Å². The minimum absolute atomic E-state index is 0.0842. The van der Waals surface area contributed by atoms with E-state index < -0.39 is 10.2 Å². The van der Waals surface area contributed by atoms with E-state index >= 15 is 0 Å². The second-order valence-electron chi connectivity index (χ2n) is 5.25. The lowest BCUT2D eigenvalue weighted by atomic mass is 10.1. The zero-order valence-corrected chi connectivity index (χ0v) is 12.5. The fourth-order valence-electron chi connectivity index (χ4n) is 2.66. The highest BCUT2D eigenvalue weighted by molar-refractivity contribution is 7.87. The van der Waals surface area contributed by atoms with Gasteiger partial charge in [0.2, 0.25) is 0 Å². The van der Waals surface area contributed by atoms with Gasteiger partial charge in [0, 0.05) is 19.1 Å². The van der Waals surface area contributed by atoms with Crippen molar-refractivity contribution in [2.45, 2.75) is 32.2 Å². The molecule has 1 N–H and O–H groups in total. The molecule has 0 spiro atoms. The summed E-state index contributed by atoms with van der Waals surface area (Å²) in [4.78, 5) is 2.40. The first-order chi connectivity index (χ1) is 9.12. The molecule has 0 aromatic heterocycles. The van der Waals surface area contributed by atoms with Crippen LogP contribution in [-0.2, 0) is 14.9 Å². The van der Waals surface area contributed by atoms with E-state index in [0.717, 1.165) is 38.9 Å². The molecule has 2 saturated heterocycles. The van der Waals surface area contributed by atoms with E-state index in [1.165, 1.54) is 4.31 Å². The van der Waals surface area contributed by atoms with E-state index in [1.54, 1.807) is 0 Å². The predicted molar refractivity (Wildman–Crippen MR) is 74.2 cm³/mol. The minimum Gasteiger partial charge on any atom is -0.379 e. The van der Waals surface area contributed by atoms with E-state index in [-0.39, 0.29) is 6.04 Å². The Morgan fingerprint density at radius 1 is 1.16 bits per heavy atom. The average Bonchev–Trinajstić information content (AvgIpc) is 2.42. The molecule has 0 aromatic rings. The number of morpholine rings is 1. The molecule has 19 heavy (non-hydrogen) atoms. The SMILES string of the molecule is CCCN1CCC(NS(=O)(=O)N2CCOCC2)CC1. The summed E-state index contributed by atoms with van der Waals surface area (Å²) < 4.78 is 33.9. The molecule has 2 aliphatic heterocycles. The van der Waals surface area contributed by atoms with Crippen LogP contribution in [0.15, 0.2) is 0 Å². The zero-order chi connectivity index (χ0) is 13.7. The van der Waals surface area contributed by atoms with E-state index in [9.17, 15) is 8.42 Å². The summed E-state index contributed by atoms with van der Waals surface area (Å²) in [7, 11) is -3.33. The summed E-state index contributed by atoms with van der Waals surface area (Å²) in [6.45, 7) is 7.18. The second kappa shape index (κ2) is 6.99. The van der Waals surface area contributed by atoms with Crippen LogP contribution in [0.25, 0.3) is 0 Å². The molecular formula is C12H25N3O3S. The van der Waals surface area contributed by atoms with Gasteiger partial charge in [-0.3, -0.25) is 0 Å². The van der Waals surface area contributed by atoms with Gasteiger partial charge in [0.1, 0.15) is 0 Å². The molecular weight excluding hydrogens is 266 g/mol. The van der Waals surface area contributed by atoms with Crippen LogP contribution in [0.5, 0.6) is 0 Å². The first-order valence-corrected chi connectivity index (χ1v) is 8.63. The van der Waals surface area contributed by atoms with Crippen molar-refractivity contribution < 1.29 is 13.2 Å². The van der Waals surface area contributed by atoms with E-state index in [4.69, 9.17) is 4.74 Å². The monoisotopic (exact) mass is 291 g/mol. The van der Waals surface area contributed by atoms with Gasteiger partial charge in [-0.1, -0.05) is 6.92 Å². The number of ether oxygens (including phenoxy) is 1. The standard InChI is InChI=1S/C12H25N3O3S/c1-2-5-14-6-3-12(4-7-14)13-19(16,17)15-8-10-18-11-9-15/h12-13H,2-11H2,1H3. The number of likely N-dealkylation sites (tertiary alicyclic amines) is 1. The molecule has 112 valence electrons. The lowest BCUT2D eigenvalue weighted by Crippen LogP contribution is -2.52. The Labute approximate surface area is 116 Å². The van der Waals surface area contributed by atoms with E-state index in [1.807, 2.05) is 0 Å². The molecule has 0 saturated carbocycles. The summed E-state index contributed by atoms with van der Waals surface area (Å²) in [5, 5.41) is 0. The van der Waals surface area contributed by atoms with Gasteiger partial charge in [0.05, 0.1) is 13.2 Å². The fraction of sp³-hybridized carbons (Fsp3) is 1.00. The fourth-order valence-corrected chi connectivity index (χ4v) is 4.10. The largest absolute Gasteiger partial charge is 0.379 e. The van der Waals surface area contributed by atoms with Crippen LogP contribution < -0.4 is 4.72 Å². The number of hydrogen-bond acceptors (Lipinski definition) is 4. The van der Waals surface area contributed by atoms with Crippen molar-refractivity contribution in [3.8, 4) is 0 Å². The van der Waals surface area contributed by atoms with Gasteiger partial charge in [-0.05, 0) is 38.9 Å². The van der Waals surface area contributed by atoms with E-state index in [0.29, 0.717) is 26.3 Å². The molecule has 0 aromatic carbocycles. The molecule has 0 aliphatic carbocycles. The van der Waals surface area contributed by atoms with Crippen LogP contribution >= 0.6 is 0 Å². The van der Waals surface area contributed by atoms with Crippen molar-refractivity contribution in [1.82, 2.24) is 13.9 Å². The van der Waals surface area contributed by atoms with Crippen molar-refractivity contribution in [1.29, 1.82) is 0 Å². The predicted octanol–water partition coefficient (Wildman–Crippen LogP) is 0.0274. The Hall–Kier alpha value is -0.210. The molecule has 2 rings (SSSR count). The number of hydrogen-bond donors (Lipinski definition) is 1. The van der Waals surface area contributed by atoms with Crippen molar-refractivity contribution in [2.24, 2.45) is 0 Å². The summed E-state index contributed by atoms with van der Waals surface area (Å²) in [6.07, 6.45) is 2.97. The lowest BCUT2D eigenvalue weighted by molar-refractivity contribution is 0.0720. The molecule has 2 aliphatic rings. The first-order valence-electron chi connectivity index (χ1n) is 7.19. The smallest absolute Gasteiger partial charge is 0.279 e. The van der Waals surface area contributed by atoms with Gasteiger partial charge < -0.3 is 9.64 Å². The van der Waals surface area contributed by atoms with Gasteiger partial charge in [0.25, 0.3) is 10.2 Å². The Morgan fingerprint density at radius 2 is 1.79 bits per heavy atom. The van der Waals surface area contributed by atoms with Crippen LogP contribution in [0.1, 0.15) is 26.2 Å². The van der Waals surface area contributed by atoms with Crippen molar-refractivity contribution in [2.75, 3.05) is 45.9 Å². The van der Waals surface area contributed by atoms with Crippen molar-refractivity contribution in [3.05, 3.63) is 0 Å². The molecule has 6 nitrogen and oxygen atoms in total. The third-order valence-electron chi connectivity index (χ3n) is 3.75. The van der Waals surface area contributed by atoms with E-state index in [2.05, 4.69) is 16.5 Å². The molecule has 7 heteroatoms. The van der Waals surface area contributed by atoms with Gasteiger partial charge in [-0.25, -0.2) is 0 Å². The normalized spacial score (nSPS) is 24.7. The Balaban J connectivity index is 1.80. The minimum atomic E-state index is -3.33. The molecule has 2 fully saturated rings. The lowest BCUT2D eigenvalue weighted by Gasteiger charge is -2.34. The van der Waals surface area contributed by atoms with Gasteiger partial charge in [0.15, 0.2) is 0 Å². The van der Waals surface area contributed by atoms with Crippen molar-refractivity contribution >= 4 is 10.2 Å². The Bertz CT molecular complexity index is 360. The average molecular weight is 291 g/mol.